The van der Waals surface area contributed by atoms with Crippen molar-refractivity contribution in [2.24, 2.45) is 0 Å². The van der Waals surface area contributed by atoms with Gasteiger partial charge in [-0.15, -0.1) is 0 Å². The SMILES string of the molecule is O=C(NNC=c1ccc(=C2C=CC(=[N+]([O-])[O-])C=C2)o1)c1ccccc1. The Labute approximate surface area is 142 Å². The van der Waals surface area contributed by atoms with Gasteiger partial charge in [0.15, 0.2) is 0 Å². The van der Waals surface area contributed by atoms with Gasteiger partial charge in [-0.3, -0.25) is 10.2 Å². The predicted molar refractivity (Wildman–Crippen MR) is 93.2 cm³/mol. The molecule has 0 fully saturated rings. The number of rotatable bonds is 3. The highest BCUT2D eigenvalue weighted by molar-refractivity contribution is 6.05. The highest BCUT2D eigenvalue weighted by Crippen LogP contribution is 2.05. The van der Waals surface area contributed by atoms with Gasteiger partial charge in [0.05, 0.1) is 6.20 Å². The number of allylic oxidation sites excluding steroid dienone is 4. The number of nitrogens with one attached hydrogen (secondary N) is 2. The van der Waals surface area contributed by atoms with Gasteiger partial charge in [0.1, 0.15) is 10.8 Å². The predicted octanol–water partition coefficient (Wildman–Crippen LogP) is 0.678. The lowest BCUT2D eigenvalue weighted by atomic mass is 10.1. The first kappa shape index (κ1) is 16.1. The molecule has 25 heavy (non-hydrogen) atoms. The lowest BCUT2D eigenvalue weighted by molar-refractivity contribution is -0.377. The summed E-state index contributed by atoms with van der Waals surface area (Å²) in [5.74, 6) is -0.265. The van der Waals surface area contributed by atoms with Crippen molar-refractivity contribution in [3.63, 3.8) is 0 Å². The average Bonchev–Trinajstić information content (AvgIpc) is 3.11. The van der Waals surface area contributed by atoms with E-state index in [1.54, 1.807) is 48.6 Å². The van der Waals surface area contributed by atoms with Crippen molar-refractivity contribution >= 4 is 23.4 Å². The number of hydrogen-bond donors (Lipinski definition) is 2. The Balaban J connectivity index is 1.70. The van der Waals surface area contributed by atoms with Crippen LogP contribution in [0.5, 0.6) is 0 Å². The third-order valence-corrected chi connectivity index (χ3v) is 3.43. The Morgan fingerprint density at radius 2 is 1.72 bits per heavy atom. The molecule has 2 aromatic rings. The Kier molecular flexibility index (Phi) is 4.66. The van der Waals surface area contributed by atoms with Crippen LogP contribution >= 0.6 is 0 Å². The third-order valence-electron chi connectivity index (χ3n) is 3.43. The number of amides is 1. The topological polar surface area (TPSA) is 103 Å². The molecule has 1 heterocycles. The molecule has 1 aromatic heterocycles. The smallest absolute Gasteiger partial charge is 0.269 e. The van der Waals surface area contributed by atoms with Crippen molar-refractivity contribution in [2.45, 2.75) is 0 Å². The fourth-order valence-electron chi connectivity index (χ4n) is 2.17. The summed E-state index contributed by atoms with van der Waals surface area (Å²) < 4.78 is 5.62. The Hall–Kier alpha value is -3.74. The van der Waals surface area contributed by atoms with E-state index in [1.165, 1.54) is 18.4 Å². The van der Waals surface area contributed by atoms with Crippen LogP contribution in [-0.2, 0) is 0 Å². The van der Waals surface area contributed by atoms with Crippen LogP contribution in [0.1, 0.15) is 10.4 Å². The van der Waals surface area contributed by atoms with Crippen LogP contribution in [0, 0.1) is 10.4 Å². The second kappa shape index (κ2) is 7.22. The molecule has 0 atom stereocenters. The molecular formula is C18H14N3O4-. The summed E-state index contributed by atoms with van der Waals surface area (Å²) in [6, 6.07) is 12.3. The minimum absolute atomic E-state index is 0.0207. The van der Waals surface area contributed by atoms with E-state index in [0.29, 0.717) is 16.4 Å². The third kappa shape index (κ3) is 3.97. The number of furan rings is 1. The molecule has 7 heteroatoms. The molecule has 0 radical (unpaired) electrons. The standard InChI is InChI=1S/C18H14N3O4/c22-18(14-4-2-1-3-5-14)20-19-12-16-10-11-17(25-16)13-6-8-15(9-7-13)21(23)24/h1-12,19H,(H-,20,22,23,24)/q-1. The number of nitrogens with zero attached hydrogens (tertiary/aromatic N) is 1. The highest BCUT2D eigenvalue weighted by Gasteiger charge is 2.05. The zero-order valence-electron chi connectivity index (χ0n) is 13.0. The van der Waals surface area contributed by atoms with Crippen LogP contribution in [0.25, 0.3) is 11.8 Å². The summed E-state index contributed by atoms with van der Waals surface area (Å²) in [5.41, 5.74) is 7.56. The van der Waals surface area contributed by atoms with Crippen molar-refractivity contribution in [1.29, 1.82) is 0 Å². The van der Waals surface area contributed by atoms with Crippen molar-refractivity contribution in [1.82, 2.24) is 10.9 Å². The van der Waals surface area contributed by atoms with Crippen molar-refractivity contribution in [3.05, 3.63) is 93.6 Å². The minimum Gasteiger partial charge on any atom is -0.612 e. The normalized spacial score (nSPS) is 13.8. The summed E-state index contributed by atoms with van der Waals surface area (Å²) in [4.78, 5) is 11.4. The summed E-state index contributed by atoms with van der Waals surface area (Å²) in [6.45, 7) is 0. The number of benzene rings is 1. The van der Waals surface area contributed by atoms with Gasteiger partial charge in [0, 0.05) is 23.3 Å². The first-order valence-corrected chi connectivity index (χ1v) is 7.42. The van der Waals surface area contributed by atoms with Crippen LogP contribution in [0.4, 0.5) is 0 Å². The van der Waals surface area contributed by atoms with E-state index in [0.717, 1.165) is 5.57 Å². The molecule has 1 amide bonds. The largest absolute Gasteiger partial charge is 0.612 e. The van der Waals surface area contributed by atoms with Crippen molar-refractivity contribution < 1.29 is 14.1 Å². The summed E-state index contributed by atoms with van der Waals surface area (Å²) in [5, 5.41) is 21.3. The maximum absolute atomic E-state index is 11.9. The molecule has 3 rings (SSSR count). The van der Waals surface area contributed by atoms with E-state index in [1.807, 2.05) is 6.07 Å². The van der Waals surface area contributed by atoms with E-state index < -0.39 is 4.90 Å². The van der Waals surface area contributed by atoms with Gasteiger partial charge < -0.3 is 20.3 Å². The fourth-order valence-corrected chi connectivity index (χ4v) is 2.17. The minimum atomic E-state index is -0.454. The molecule has 126 valence electrons. The van der Waals surface area contributed by atoms with Crippen LogP contribution in [0.2, 0.25) is 0 Å². The molecular weight excluding hydrogens is 322 g/mol. The lowest BCUT2D eigenvalue weighted by Gasteiger charge is -2.07. The Morgan fingerprint density at radius 1 is 1.00 bits per heavy atom. The first-order valence-electron chi connectivity index (χ1n) is 7.42. The van der Waals surface area contributed by atoms with E-state index in [9.17, 15) is 15.2 Å². The molecule has 1 aromatic carbocycles. The highest BCUT2D eigenvalue weighted by atomic mass is 16.8. The second-order valence-corrected chi connectivity index (χ2v) is 5.11. The monoisotopic (exact) mass is 336 g/mol. The van der Waals surface area contributed by atoms with Gasteiger partial charge in [-0.05, 0) is 36.4 Å². The number of hydrazine groups is 1. The number of carbonyl (C=O) groups is 1. The molecule has 1 aliphatic rings. The summed E-state index contributed by atoms with van der Waals surface area (Å²) >= 11 is 0. The van der Waals surface area contributed by atoms with Gasteiger partial charge in [0.25, 0.3) is 5.91 Å². The quantitative estimate of drug-likeness (QED) is 0.634. The van der Waals surface area contributed by atoms with Gasteiger partial charge in [-0.25, -0.2) is 0 Å². The molecule has 0 spiro atoms. The van der Waals surface area contributed by atoms with Crippen molar-refractivity contribution in [2.75, 3.05) is 0 Å². The maximum atomic E-state index is 11.9. The second-order valence-electron chi connectivity index (χ2n) is 5.11. The molecule has 0 saturated heterocycles. The molecule has 0 aliphatic heterocycles. The zero-order chi connectivity index (χ0) is 17.6. The van der Waals surface area contributed by atoms with Crippen LogP contribution in [0.15, 0.2) is 71.2 Å². The molecule has 0 unspecified atom stereocenters. The van der Waals surface area contributed by atoms with Gasteiger partial charge >= 0.3 is 0 Å². The fraction of sp³-hybridized carbons (Fsp3) is 0. The van der Waals surface area contributed by atoms with Gasteiger partial charge in [0.2, 0.25) is 5.71 Å². The average molecular weight is 336 g/mol. The molecule has 7 nitrogen and oxygen atoms in total. The first-order chi connectivity index (χ1) is 12.1. The molecule has 2 N–H and O–H groups in total. The van der Waals surface area contributed by atoms with Crippen LogP contribution < -0.4 is 21.7 Å². The van der Waals surface area contributed by atoms with Gasteiger partial charge in [-0.1, -0.05) is 18.2 Å². The van der Waals surface area contributed by atoms with Crippen LogP contribution in [0.3, 0.4) is 0 Å². The Morgan fingerprint density at radius 3 is 2.40 bits per heavy atom. The molecule has 1 aliphatic carbocycles. The van der Waals surface area contributed by atoms with E-state index >= 15 is 0 Å². The zero-order valence-corrected chi connectivity index (χ0v) is 13.0. The number of carbonyl (C=O) groups excluding carboxylic acids is 1. The van der Waals surface area contributed by atoms with Crippen LogP contribution in [-0.4, -0.2) is 16.5 Å². The lowest BCUT2D eigenvalue weighted by Crippen LogP contribution is -2.34. The summed E-state index contributed by atoms with van der Waals surface area (Å²) in [7, 11) is 0. The van der Waals surface area contributed by atoms with Crippen molar-refractivity contribution in [3.8, 4) is 0 Å². The van der Waals surface area contributed by atoms with E-state index in [4.69, 9.17) is 4.42 Å². The summed E-state index contributed by atoms with van der Waals surface area (Å²) in [6.07, 6.45) is 7.57. The Bertz CT molecular complexity index is 963. The van der Waals surface area contributed by atoms with E-state index in [2.05, 4.69) is 10.9 Å². The number of hydrogen-bond acceptors (Lipinski definition) is 5. The maximum Gasteiger partial charge on any atom is 0.269 e. The van der Waals surface area contributed by atoms with E-state index in [-0.39, 0.29) is 11.6 Å². The molecule has 0 saturated carbocycles. The van der Waals surface area contributed by atoms with Gasteiger partial charge in [-0.2, -0.15) is 4.90 Å². The molecule has 0 bridgehead atoms.